The van der Waals surface area contributed by atoms with E-state index in [1.54, 1.807) is 0 Å². The van der Waals surface area contributed by atoms with Crippen molar-refractivity contribution < 1.29 is 8.42 Å². The Labute approximate surface area is 162 Å². The summed E-state index contributed by atoms with van der Waals surface area (Å²) in [5, 5.41) is 6.45. The minimum Gasteiger partial charge on any atom is -0.357 e. The molecule has 0 spiro atoms. The van der Waals surface area contributed by atoms with E-state index in [1.165, 1.54) is 0 Å². The topological polar surface area (TPSA) is 82.6 Å². The van der Waals surface area contributed by atoms with Crippen LogP contribution in [0.2, 0.25) is 0 Å². The molecule has 3 N–H and O–H groups in total. The van der Waals surface area contributed by atoms with Crippen LogP contribution in [0.25, 0.3) is 0 Å². The molecule has 0 aliphatic heterocycles. The molecule has 6 nitrogen and oxygen atoms in total. The maximum atomic E-state index is 12.2. The zero-order chi connectivity index (χ0) is 19.5. The van der Waals surface area contributed by atoms with Gasteiger partial charge in [0.1, 0.15) is 0 Å². The summed E-state index contributed by atoms with van der Waals surface area (Å²) in [7, 11) is -3.38. The fraction of sp³-hybridized carbons (Fsp3) is 0.350. The molecule has 2 aromatic carbocycles. The molecule has 27 heavy (non-hydrogen) atoms. The first kappa shape index (κ1) is 20.9. The standard InChI is InChI=1S/C20H28N4O2S/c1-3-21-20(24-17(2)19-12-8-5-9-13-19)22-14-15-27(25,26)23-16-18-10-6-4-7-11-18/h4-13,17,23H,3,14-16H2,1-2H3,(H2,21,22,24). The van der Waals surface area contributed by atoms with Crippen LogP contribution in [0.1, 0.15) is 31.0 Å². The smallest absolute Gasteiger partial charge is 0.213 e. The lowest BCUT2D eigenvalue weighted by atomic mass is 10.1. The Morgan fingerprint density at radius 1 is 1.04 bits per heavy atom. The van der Waals surface area contributed by atoms with Crippen LogP contribution in [0.15, 0.2) is 65.7 Å². The largest absolute Gasteiger partial charge is 0.357 e. The first-order valence-electron chi connectivity index (χ1n) is 9.11. The van der Waals surface area contributed by atoms with Gasteiger partial charge in [0.2, 0.25) is 10.0 Å². The van der Waals surface area contributed by atoms with Gasteiger partial charge in [-0.3, -0.25) is 4.99 Å². The van der Waals surface area contributed by atoms with E-state index in [4.69, 9.17) is 0 Å². The molecule has 0 saturated heterocycles. The molecule has 0 fully saturated rings. The number of nitrogens with one attached hydrogen (secondary N) is 3. The molecule has 146 valence electrons. The second-order valence-corrected chi connectivity index (χ2v) is 8.09. The summed E-state index contributed by atoms with van der Waals surface area (Å²) in [5.74, 6) is 0.544. The molecule has 0 radical (unpaired) electrons. The van der Waals surface area contributed by atoms with Crippen LogP contribution in [-0.2, 0) is 16.6 Å². The van der Waals surface area contributed by atoms with Crippen LogP contribution in [0.3, 0.4) is 0 Å². The number of rotatable bonds is 9. The van der Waals surface area contributed by atoms with Crippen LogP contribution in [-0.4, -0.2) is 33.2 Å². The Kier molecular flexibility index (Phi) is 8.29. The van der Waals surface area contributed by atoms with E-state index in [0.717, 1.165) is 11.1 Å². The van der Waals surface area contributed by atoms with E-state index in [1.807, 2.05) is 74.5 Å². The third-order valence-electron chi connectivity index (χ3n) is 3.97. The monoisotopic (exact) mass is 388 g/mol. The number of hydrogen-bond donors (Lipinski definition) is 3. The van der Waals surface area contributed by atoms with Crippen LogP contribution in [0, 0.1) is 0 Å². The second-order valence-electron chi connectivity index (χ2n) is 6.16. The van der Waals surface area contributed by atoms with Gasteiger partial charge in [0, 0.05) is 13.1 Å². The van der Waals surface area contributed by atoms with Gasteiger partial charge >= 0.3 is 0 Å². The number of hydrogen-bond acceptors (Lipinski definition) is 3. The van der Waals surface area contributed by atoms with Crippen molar-refractivity contribution in [2.24, 2.45) is 4.99 Å². The first-order chi connectivity index (χ1) is 13.0. The van der Waals surface area contributed by atoms with Gasteiger partial charge in [-0.1, -0.05) is 60.7 Å². The Morgan fingerprint density at radius 2 is 1.67 bits per heavy atom. The zero-order valence-corrected chi connectivity index (χ0v) is 16.7. The van der Waals surface area contributed by atoms with Crippen LogP contribution in [0.4, 0.5) is 0 Å². The molecule has 0 heterocycles. The van der Waals surface area contributed by atoms with E-state index < -0.39 is 10.0 Å². The summed E-state index contributed by atoms with van der Waals surface area (Å²) >= 11 is 0. The number of benzene rings is 2. The summed E-state index contributed by atoms with van der Waals surface area (Å²) in [6, 6.07) is 19.5. The van der Waals surface area contributed by atoms with Crippen molar-refractivity contribution >= 4 is 16.0 Å². The average Bonchev–Trinajstić information content (AvgIpc) is 2.68. The highest BCUT2D eigenvalue weighted by molar-refractivity contribution is 7.89. The summed E-state index contributed by atoms with van der Waals surface area (Å²) in [6.07, 6.45) is 0. The van der Waals surface area contributed by atoms with Crippen LogP contribution >= 0.6 is 0 Å². The Morgan fingerprint density at radius 3 is 2.30 bits per heavy atom. The van der Waals surface area contributed by atoms with Crippen molar-refractivity contribution in [1.29, 1.82) is 0 Å². The summed E-state index contributed by atoms with van der Waals surface area (Å²) in [5.41, 5.74) is 2.07. The second kappa shape index (κ2) is 10.7. The molecule has 1 atom stereocenters. The zero-order valence-electron chi connectivity index (χ0n) is 15.9. The van der Waals surface area contributed by atoms with Gasteiger partial charge in [-0.25, -0.2) is 13.1 Å². The Hall–Kier alpha value is -2.38. The molecule has 0 aromatic heterocycles. The highest BCUT2D eigenvalue weighted by Crippen LogP contribution is 2.10. The van der Waals surface area contributed by atoms with E-state index in [0.29, 0.717) is 12.5 Å². The van der Waals surface area contributed by atoms with Gasteiger partial charge < -0.3 is 10.6 Å². The average molecular weight is 389 g/mol. The van der Waals surface area contributed by atoms with Crippen molar-refractivity contribution in [3.8, 4) is 0 Å². The minimum absolute atomic E-state index is 0.0594. The van der Waals surface area contributed by atoms with E-state index in [9.17, 15) is 8.42 Å². The molecular formula is C20H28N4O2S. The van der Waals surface area contributed by atoms with E-state index >= 15 is 0 Å². The maximum absolute atomic E-state index is 12.2. The highest BCUT2D eigenvalue weighted by atomic mass is 32.2. The Bertz CT molecular complexity index is 808. The molecule has 0 saturated carbocycles. The molecule has 0 amide bonds. The summed E-state index contributed by atoms with van der Waals surface area (Å²) < 4.78 is 26.9. The number of guanidine groups is 1. The van der Waals surface area contributed by atoms with Crippen LogP contribution < -0.4 is 15.4 Å². The molecule has 7 heteroatoms. The molecule has 0 bridgehead atoms. The molecule has 2 aromatic rings. The van der Waals surface area contributed by atoms with Gasteiger partial charge in [-0.05, 0) is 25.0 Å². The van der Waals surface area contributed by atoms with Crippen molar-refractivity contribution in [3.05, 3.63) is 71.8 Å². The molecular weight excluding hydrogens is 360 g/mol. The molecule has 1 unspecified atom stereocenters. The SMILES string of the molecule is CCNC(=NCCS(=O)(=O)NCc1ccccc1)NC(C)c1ccccc1. The van der Waals surface area contributed by atoms with E-state index in [-0.39, 0.29) is 24.9 Å². The number of sulfonamides is 1. The van der Waals surface area contributed by atoms with Crippen molar-refractivity contribution in [3.63, 3.8) is 0 Å². The minimum atomic E-state index is -3.38. The van der Waals surface area contributed by atoms with Crippen molar-refractivity contribution in [1.82, 2.24) is 15.4 Å². The van der Waals surface area contributed by atoms with Gasteiger partial charge in [0.25, 0.3) is 0 Å². The molecule has 0 aliphatic carbocycles. The fourth-order valence-electron chi connectivity index (χ4n) is 2.49. The lowest BCUT2D eigenvalue weighted by Crippen LogP contribution is -2.39. The normalized spacial score (nSPS) is 13.2. The molecule has 2 rings (SSSR count). The van der Waals surface area contributed by atoms with E-state index in [2.05, 4.69) is 20.3 Å². The number of aliphatic imine (C=N–C) groups is 1. The summed E-state index contributed by atoms with van der Waals surface area (Å²) in [6.45, 7) is 5.19. The van der Waals surface area contributed by atoms with Gasteiger partial charge in [-0.2, -0.15) is 0 Å². The van der Waals surface area contributed by atoms with Crippen LogP contribution in [0.5, 0.6) is 0 Å². The predicted octanol–water partition coefficient (Wildman–Crippen LogP) is 2.42. The first-order valence-corrected chi connectivity index (χ1v) is 10.8. The third-order valence-corrected chi connectivity index (χ3v) is 5.27. The maximum Gasteiger partial charge on any atom is 0.213 e. The van der Waals surface area contributed by atoms with Crippen molar-refractivity contribution in [2.75, 3.05) is 18.8 Å². The van der Waals surface area contributed by atoms with Crippen molar-refractivity contribution in [2.45, 2.75) is 26.4 Å². The molecule has 0 aliphatic rings. The summed E-state index contributed by atoms with van der Waals surface area (Å²) in [4.78, 5) is 4.39. The third kappa shape index (κ3) is 7.80. The van der Waals surface area contributed by atoms with Gasteiger partial charge in [0.05, 0.1) is 18.3 Å². The highest BCUT2D eigenvalue weighted by Gasteiger charge is 2.11. The Balaban J connectivity index is 1.88. The number of nitrogens with zero attached hydrogens (tertiary/aromatic N) is 1. The van der Waals surface area contributed by atoms with Gasteiger partial charge in [-0.15, -0.1) is 0 Å². The van der Waals surface area contributed by atoms with Gasteiger partial charge in [0.15, 0.2) is 5.96 Å². The lowest BCUT2D eigenvalue weighted by molar-refractivity contribution is 0.581. The quantitative estimate of drug-likeness (QED) is 0.455. The fourth-order valence-corrected chi connectivity index (χ4v) is 3.35. The lowest BCUT2D eigenvalue weighted by Gasteiger charge is -2.18. The predicted molar refractivity (Wildman–Crippen MR) is 111 cm³/mol.